The third-order valence-electron chi connectivity index (χ3n) is 3.47. The van der Waals surface area contributed by atoms with Gasteiger partial charge in [-0.3, -0.25) is 4.79 Å². The van der Waals surface area contributed by atoms with Crippen LogP contribution in [0.2, 0.25) is 0 Å². The molecule has 0 aromatic heterocycles. The zero-order valence-electron chi connectivity index (χ0n) is 10.6. The number of carbonyl (C=O) groups excluding carboxylic acids is 1. The third-order valence-corrected chi connectivity index (χ3v) is 3.47. The number of carboxylic acids is 1. The minimum Gasteiger partial charge on any atom is -0.480 e. The first-order chi connectivity index (χ1) is 8.56. The SMILES string of the molecule is CC1OCCC1NC(=O)N(CC(=O)O)CC1CC1. The van der Waals surface area contributed by atoms with E-state index in [4.69, 9.17) is 9.84 Å². The van der Waals surface area contributed by atoms with Gasteiger partial charge in [0.2, 0.25) is 0 Å². The molecule has 2 rings (SSSR count). The Morgan fingerprint density at radius 3 is 2.61 bits per heavy atom. The summed E-state index contributed by atoms with van der Waals surface area (Å²) >= 11 is 0. The first-order valence-corrected chi connectivity index (χ1v) is 6.45. The molecule has 0 aromatic rings. The molecule has 1 saturated heterocycles. The van der Waals surface area contributed by atoms with Crippen molar-refractivity contribution in [2.45, 2.75) is 38.3 Å². The number of urea groups is 1. The maximum Gasteiger partial charge on any atom is 0.323 e. The van der Waals surface area contributed by atoms with E-state index in [9.17, 15) is 9.59 Å². The van der Waals surface area contributed by atoms with Crippen molar-refractivity contribution in [1.82, 2.24) is 10.2 Å². The Balaban J connectivity index is 1.87. The van der Waals surface area contributed by atoms with Crippen molar-refractivity contribution in [3.8, 4) is 0 Å². The van der Waals surface area contributed by atoms with Gasteiger partial charge in [0, 0.05) is 13.2 Å². The topological polar surface area (TPSA) is 78.9 Å². The molecule has 102 valence electrons. The normalized spacial score (nSPS) is 26.9. The molecule has 2 unspecified atom stereocenters. The first-order valence-electron chi connectivity index (χ1n) is 6.45. The molecule has 1 aliphatic heterocycles. The van der Waals surface area contributed by atoms with Crippen LogP contribution in [0.15, 0.2) is 0 Å². The van der Waals surface area contributed by atoms with Gasteiger partial charge in [0.1, 0.15) is 6.54 Å². The van der Waals surface area contributed by atoms with Crippen molar-refractivity contribution in [3.63, 3.8) is 0 Å². The first kappa shape index (κ1) is 13.1. The van der Waals surface area contributed by atoms with Crippen LogP contribution in [-0.2, 0) is 9.53 Å². The second-order valence-corrected chi connectivity index (χ2v) is 5.14. The molecule has 2 atom stereocenters. The second-order valence-electron chi connectivity index (χ2n) is 5.14. The van der Waals surface area contributed by atoms with Crippen LogP contribution in [0.1, 0.15) is 26.2 Å². The van der Waals surface area contributed by atoms with Crippen LogP contribution in [0.3, 0.4) is 0 Å². The third kappa shape index (κ3) is 3.60. The Morgan fingerprint density at radius 1 is 1.39 bits per heavy atom. The molecule has 2 amide bonds. The van der Waals surface area contributed by atoms with E-state index >= 15 is 0 Å². The molecule has 2 fully saturated rings. The molecule has 0 spiro atoms. The molecule has 1 saturated carbocycles. The average molecular weight is 256 g/mol. The summed E-state index contributed by atoms with van der Waals surface area (Å²) in [4.78, 5) is 24.2. The predicted molar refractivity (Wildman–Crippen MR) is 64.3 cm³/mol. The summed E-state index contributed by atoms with van der Waals surface area (Å²) < 4.78 is 5.37. The lowest BCUT2D eigenvalue weighted by Crippen LogP contribution is -2.49. The maximum absolute atomic E-state index is 12.0. The van der Waals surface area contributed by atoms with Crippen LogP contribution < -0.4 is 5.32 Å². The number of hydrogen-bond donors (Lipinski definition) is 2. The van der Waals surface area contributed by atoms with Gasteiger partial charge in [0.05, 0.1) is 12.1 Å². The van der Waals surface area contributed by atoms with Crippen LogP contribution in [0.25, 0.3) is 0 Å². The minimum absolute atomic E-state index is 0.00144. The average Bonchev–Trinajstić information content (AvgIpc) is 3.02. The summed E-state index contributed by atoms with van der Waals surface area (Å²) in [5.41, 5.74) is 0. The van der Waals surface area contributed by atoms with Gasteiger partial charge in [0.25, 0.3) is 0 Å². The molecule has 6 heteroatoms. The van der Waals surface area contributed by atoms with Gasteiger partial charge < -0.3 is 20.1 Å². The largest absolute Gasteiger partial charge is 0.480 e. The molecule has 6 nitrogen and oxygen atoms in total. The Hall–Kier alpha value is -1.30. The van der Waals surface area contributed by atoms with Gasteiger partial charge in [-0.2, -0.15) is 0 Å². The lowest BCUT2D eigenvalue weighted by Gasteiger charge is -2.24. The zero-order chi connectivity index (χ0) is 13.1. The molecule has 0 aromatic carbocycles. The van der Waals surface area contributed by atoms with E-state index in [0.29, 0.717) is 19.1 Å². The van der Waals surface area contributed by atoms with Gasteiger partial charge in [-0.25, -0.2) is 4.79 Å². The van der Waals surface area contributed by atoms with Crippen molar-refractivity contribution >= 4 is 12.0 Å². The fraction of sp³-hybridized carbons (Fsp3) is 0.833. The Kier molecular flexibility index (Phi) is 4.06. The van der Waals surface area contributed by atoms with Crippen molar-refractivity contribution in [3.05, 3.63) is 0 Å². The lowest BCUT2D eigenvalue weighted by atomic mass is 10.1. The minimum atomic E-state index is -0.971. The predicted octanol–water partition coefficient (Wildman–Crippen LogP) is 0.670. The van der Waals surface area contributed by atoms with Crippen LogP contribution in [0, 0.1) is 5.92 Å². The van der Waals surface area contributed by atoms with E-state index in [1.165, 1.54) is 4.90 Å². The van der Waals surface area contributed by atoms with Crippen molar-refractivity contribution in [2.24, 2.45) is 5.92 Å². The number of aliphatic carboxylic acids is 1. The molecule has 0 bridgehead atoms. The molecule has 2 N–H and O–H groups in total. The number of hydrogen-bond acceptors (Lipinski definition) is 3. The van der Waals surface area contributed by atoms with Gasteiger partial charge in [0.15, 0.2) is 0 Å². The number of amides is 2. The van der Waals surface area contributed by atoms with E-state index in [-0.39, 0.29) is 24.7 Å². The Labute approximate surface area is 106 Å². The number of carboxylic acid groups (broad SMARTS) is 1. The van der Waals surface area contributed by atoms with Crippen LogP contribution >= 0.6 is 0 Å². The standard InChI is InChI=1S/C12H20N2O4/c1-8-10(4-5-18-8)13-12(17)14(7-11(15)16)6-9-2-3-9/h8-10H,2-7H2,1H3,(H,13,17)(H,15,16). The monoisotopic (exact) mass is 256 g/mol. The summed E-state index contributed by atoms with van der Waals surface area (Å²) in [5, 5.41) is 11.7. The molecule has 0 radical (unpaired) electrons. The summed E-state index contributed by atoms with van der Waals surface area (Å²) in [7, 11) is 0. The summed E-state index contributed by atoms with van der Waals surface area (Å²) in [6.45, 7) is 2.87. The van der Waals surface area contributed by atoms with E-state index in [0.717, 1.165) is 19.3 Å². The highest BCUT2D eigenvalue weighted by atomic mass is 16.5. The number of ether oxygens (including phenoxy) is 1. The number of nitrogens with zero attached hydrogens (tertiary/aromatic N) is 1. The second kappa shape index (κ2) is 5.56. The number of nitrogens with one attached hydrogen (secondary N) is 1. The summed E-state index contributed by atoms with van der Waals surface area (Å²) in [6.07, 6.45) is 2.97. The summed E-state index contributed by atoms with van der Waals surface area (Å²) in [5.74, 6) is -0.492. The molecular formula is C12H20N2O4. The summed E-state index contributed by atoms with van der Waals surface area (Å²) in [6, 6.07) is -0.292. The Morgan fingerprint density at radius 2 is 2.11 bits per heavy atom. The highest BCUT2D eigenvalue weighted by Gasteiger charge is 2.31. The molecule has 1 aliphatic carbocycles. The van der Waals surface area contributed by atoms with Gasteiger partial charge in [-0.1, -0.05) is 0 Å². The Bertz CT molecular complexity index is 330. The van der Waals surface area contributed by atoms with Crippen molar-refractivity contribution in [2.75, 3.05) is 19.7 Å². The van der Waals surface area contributed by atoms with Crippen molar-refractivity contribution in [1.29, 1.82) is 0 Å². The highest BCUT2D eigenvalue weighted by Crippen LogP contribution is 2.29. The lowest BCUT2D eigenvalue weighted by molar-refractivity contribution is -0.137. The molecular weight excluding hydrogens is 236 g/mol. The van der Waals surface area contributed by atoms with Gasteiger partial charge in [-0.05, 0) is 32.1 Å². The van der Waals surface area contributed by atoms with E-state index in [2.05, 4.69) is 5.32 Å². The smallest absolute Gasteiger partial charge is 0.323 e. The van der Waals surface area contributed by atoms with Crippen LogP contribution in [-0.4, -0.2) is 53.8 Å². The quantitative estimate of drug-likeness (QED) is 0.757. The number of rotatable bonds is 5. The molecule has 18 heavy (non-hydrogen) atoms. The zero-order valence-corrected chi connectivity index (χ0v) is 10.6. The van der Waals surface area contributed by atoms with Crippen LogP contribution in [0.5, 0.6) is 0 Å². The van der Waals surface area contributed by atoms with E-state index in [1.54, 1.807) is 0 Å². The van der Waals surface area contributed by atoms with E-state index < -0.39 is 5.97 Å². The maximum atomic E-state index is 12.0. The van der Waals surface area contributed by atoms with Gasteiger partial charge in [-0.15, -0.1) is 0 Å². The fourth-order valence-corrected chi connectivity index (χ4v) is 2.17. The van der Waals surface area contributed by atoms with Gasteiger partial charge >= 0.3 is 12.0 Å². The van der Waals surface area contributed by atoms with Crippen LogP contribution in [0.4, 0.5) is 4.79 Å². The van der Waals surface area contributed by atoms with E-state index in [1.807, 2.05) is 6.92 Å². The molecule has 2 aliphatic rings. The molecule has 1 heterocycles. The van der Waals surface area contributed by atoms with Crippen molar-refractivity contribution < 1.29 is 19.4 Å². The highest BCUT2D eigenvalue weighted by molar-refractivity contribution is 5.80. The fourth-order valence-electron chi connectivity index (χ4n) is 2.17. The number of carbonyl (C=O) groups is 2.